The average molecular weight is 454 g/mol. The van der Waals surface area contributed by atoms with E-state index in [4.69, 9.17) is 4.74 Å². The Balaban J connectivity index is 1.59. The van der Waals surface area contributed by atoms with E-state index >= 15 is 0 Å². The zero-order chi connectivity index (χ0) is 23.0. The van der Waals surface area contributed by atoms with Crippen molar-refractivity contribution in [1.82, 2.24) is 0 Å². The summed E-state index contributed by atoms with van der Waals surface area (Å²) >= 11 is 0. The molecule has 0 atom stereocenters. The summed E-state index contributed by atoms with van der Waals surface area (Å²) in [6, 6.07) is 20.8. The fourth-order valence-corrected chi connectivity index (χ4v) is 4.70. The summed E-state index contributed by atoms with van der Waals surface area (Å²) in [6.45, 7) is 0. The molecule has 0 saturated heterocycles. The molecule has 0 fully saturated rings. The number of rotatable bonds is 11. The average Bonchev–Trinajstić information content (AvgIpc) is 2.80. The first-order chi connectivity index (χ1) is 15.4. The number of hydrogen-bond donors (Lipinski definition) is 2. The number of methoxy groups -OCH3 is 1. The van der Waals surface area contributed by atoms with Crippen LogP contribution in [0.4, 0.5) is 5.69 Å². The van der Waals surface area contributed by atoms with Crippen LogP contribution in [0, 0.1) is 0 Å². The van der Waals surface area contributed by atoms with Crippen LogP contribution >= 0.6 is 0 Å². The van der Waals surface area contributed by atoms with Crippen molar-refractivity contribution in [3.8, 4) is 5.75 Å². The summed E-state index contributed by atoms with van der Waals surface area (Å²) < 4.78 is 33.5. The van der Waals surface area contributed by atoms with Crippen LogP contribution in [0.3, 0.4) is 0 Å². The first-order valence-electron chi connectivity index (χ1n) is 10.5. The Kier molecular flexibility index (Phi) is 7.89. The van der Waals surface area contributed by atoms with Crippen molar-refractivity contribution in [3.63, 3.8) is 0 Å². The van der Waals surface area contributed by atoms with Crippen LogP contribution in [0.1, 0.15) is 40.7 Å². The minimum Gasteiger partial charge on any atom is -0.497 e. The Morgan fingerprint density at radius 3 is 2.25 bits per heavy atom. The topological polar surface area (TPSA) is 92.7 Å². The van der Waals surface area contributed by atoms with E-state index in [0.717, 1.165) is 36.8 Å². The molecule has 0 radical (unpaired) electrons. The SMILES string of the molecule is COc1cccc(S(=O)(=O)Nc2ccccc2CCCCCc2ccccc2C(=O)O)c1. The number of aromatic carboxylic acids is 1. The number of para-hydroxylation sites is 1. The van der Waals surface area contributed by atoms with E-state index in [0.29, 0.717) is 23.4 Å². The van der Waals surface area contributed by atoms with E-state index in [9.17, 15) is 18.3 Å². The standard InChI is InChI=1S/C25H27NO5S/c1-31-21-14-9-15-22(18-21)32(29,30)26-24-17-8-6-13-20(24)12-4-2-3-10-19-11-5-7-16-23(19)25(27)28/h5-9,11,13-18,26H,2-4,10,12H2,1H3,(H,27,28). The summed E-state index contributed by atoms with van der Waals surface area (Å²) in [5, 5.41) is 9.29. The van der Waals surface area contributed by atoms with Crippen LogP contribution in [0.25, 0.3) is 0 Å². The lowest BCUT2D eigenvalue weighted by Crippen LogP contribution is -2.14. The maximum Gasteiger partial charge on any atom is 0.335 e. The van der Waals surface area contributed by atoms with Crippen molar-refractivity contribution >= 4 is 21.7 Å². The van der Waals surface area contributed by atoms with Crippen LogP contribution in [0.2, 0.25) is 0 Å². The quantitative estimate of drug-likeness (QED) is 0.392. The lowest BCUT2D eigenvalue weighted by atomic mass is 9.99. The molecule has 3 rings (SSSR count). The number of carboxylic acids is 1. The summed E-state index contributed by atoms with van der Waals surface area (Å²) in [5.74, 6) is -0.427. The predicted molar refractivity (Wildman–Crippen MR) is 125 cm³/mol. The number of nitrogens with one attached hydrogen (secondary N) is 1. The first kappa shape index (κ1) is 23.3. The van der Waals surface area contributed by atoms with E-state index < -0.39 is 16.0 Å². The maximum atomic E-state index is 12.8. The van der Waals surface area contributed by atoms with Crippen LogP contribution in [0.15, 0.2) is 77.7 Å². The number of carboxylic acid groups (broad SMARTS) is 1. The lowest BCUT2D eigenvalue weighted by Gasteiger charge is -2.13. The third-order valence-corrected chi connectivity index (χ3v) is 6.62. The number of ether oxygens (including phenoxy) is 1. The monoisotopic (exact) mass is 453 g/mol. The Hall–Kier alpha value is -3.32. The molecule has 0 aromatic heterocycles. The summed E-state index contributed by atoms with van der Waals surface area (Å²) in [4.78, 5) is 11.5. The normalized spacial score (nSPS) is 11.2. The summed E-state index contributed by atoms with van der Waals surface area (Å²) in [7, 11) is -2.24. The number of benzene rings is 3. The van der Waals surface area contributed by atoms with Crippen LogP contribution in [-0.2, 0) is 22.9 Å². The molecular weight excluding hydrogens is 426 g/mol. The predicted octanol–water partition coefficient (Wildman–Crippen LogP) is 5.15. The maximum absolute atomic E-state index is 12.8. The molecule has 3 aromatic rings. The van der Waals surface area contributed by atoms with Crippen molar-refractivity contribution in [3.05, 3.63) is 89.5 Å². The third-order valence-electron chi connectivity index (χ3n) is 5.25. The number of unbranched alkanes of at least 4 members (excludes halogenated alkanes) is 2. The summed E-state index contributed by atoms with van der Waals surface area (Å²) in [6.07, 6.45) is 4.06. The van der Waals surface area contributed by atoms with Gasteiger partial charge in [0.05, 0.1) is 23.3 Å². The molecule has 0 saturated carbocycles. The number of sulfonamides is 1. The molecule has 0 bridgehead atoms. The van der Waals surface area contributed by atoms with Crippen molar-refractivity contribution in [2.45, 2.75) is 37.0 Å². The van der Waals surface area contributed by atoms with E-state index in [1.807, 2.05) is 24.3 Å². The molecule has 3 aromatic carbocycles. The van der Waals surface area contributed by atoms with E-state index in [1.54, 1.807) is 36.4 Å². The van der Waals surface area contributed by atoms with E-state index in [2.05, 4.69) is 4.72 Å². The Morgan fingerprint density at radius 1 is 0.875 bits per heavy atom. The van der Waals surface area contributed by atoms with Gasteiger partial charge in [-0.3, -0.25) is 4.72 Å². The van der Waals surface area contributed by atoms with Crippen molar-refractivity contribution in [1.29, 1.82) is 0 Å². The van der Waals surface area contributed by atoms with Gasteiger partial charge in [-0.05, 0) is 61.1 Å². The highest BCUT2D eigenvalue weighted by Gasteiger charge is 2.16. The minimum absolute atomic E-state index is 0.142. The van der Waals surface area contributed by atoms with Crippen LogP contribution in [-0.4, -0.2) is 26.6 Å². The summed E-state index contributed by atoms with van der Waals surface area (Å²) in [5.41, 5.74) is 2.67. The second kappa shape index (κ2) is 10.8. The van der Waals surface area contributed by atoms with Crippen LogP contribution in [0.5, 0.6) is 5.75 Å². The van der Waals surface area contributed by atoms with Gasteiger partial charge in [0, 0.05) is 6.07 Å². The second-order valence-electron chi connectivity index (χ2n) is 7.46. The molecule has 7 heteroatoms. The molecule has 0 heterocycles. The molecular formula is C25H27NO5S. The van der Waals surface area contributed by atoms with Gasteiger partial charge in [-0.1, -0.05) is 48.9 Å². The molecule has 0 aliphatic heterocycles. The van der Waals surface area contributed by atoms with Gasteiger partial charge in [-0.2, -0.15) is 0 Å². The van der Waals surface area contributed by atoms with Crippen molar-refractivity contribution < 1.29 is 23.1 Å². The number of aryl methyl sites for hydroxylation is 2. The Labute approximate surface area is 188 Å². The fourth-order valence-electron chi connectivity index (χ4n) is 3.56. The van der Waals surface area contributed by atoms with Gasteiger partial charge in [0.2, 0.25) is 0 Å². The fraction of sp³-hybridized carbons (Fsp3) is 0.240. The van der Waals surface area contributed by atoms with Gasteiger partial charge < -0.3 is 9.84 Å². The van der Waals surface area contributed by atoms with Gasteiger partial charge in [0.15, 0.2) is 0 Å². The third kappa shape index (κ3) is 6.11. The Bertz CT molecular complexity index is 1170. The number of carbonyl (C=O) groups is 1. The van der Waals surface area contributed by atoms with Gasteiger partial charge in [0.25, 0.3) is 10.0 Å². The highest BCUT2D eigenvalue weighted by atomic mass is 32.2. The molecule has 168 valence electrons. The zero-order valence-electron chi connectivity index (χ0n) is 18.0. The molecule has 0 unspecified atom stereocenters. The molecule has 0 aliphatic carbocycles. The lowest BCUT2D eigenvalue weighted by molar-refractivity contribution is 0.0695. The molecule has 0 spiro atoms. The highest BCUT2D eigenvalue weighted by Crippen LogP contribution is 2.24. The van der Waals surface area contributed by atoms with E-state index in [-0.39, 0.29) is 4.90 Å². The highest BCUT2D eigenvalue weighted by molar-refractivity contribution is 7.92. The van der Waals surface area contributed by atoms with Gasteiger partial charge in [-0.25, -0.2) is 13.2 Å². The van der Waals surface area contributed by atoms with Gasteiger partial charge >= 0.3 is 5.97 Å². The molecule has 6 nitrogen and oxygen atoms in total. The molecule has 32 heavy (non-hydrogen) atoms. The smallest absolute Gasteiger partial charge is 0.335 e. The zero-order valence-corrected chi connectivity index (χ0v) is 18.8. The van der Waals surface area contributed by atoms with Crippen LogP contribution < -0.4 is 9.46 Å². The number of hydrogen-bond acceptors (Lipinski definition) is 4. The first-order valence-corrected chi connectivity index (χ1v) is 11.9. The van der Waals surface area contributed by atoms with Gasteiger partial charge in [-0.15, -0.1) is 0 Å². The molecule has 2 N–H and O–H groups in total. The Morgan fingerprint density at radius 2 is 1.53 bits per heavy atom. The van der Waals surface area contributed by atoms with Gasteiger partial charge in [0.1, 0.15) is 5.75 Å². The van der Waals surface area contributed by atoms with Crippen molar-refractivity contribution in [2.75, 3.05) is 11.8 Å². The minimum atomic E-state index is -3.74. The number of anilines is 1. The largest absolute Gasteiger partial charge is 0.497 e. The van der Waals surface area contributed by atoms with Crippen molar-refractivity contribution in [2.24, 2.45) is 0 Å². The molecule has 0 aliphatic rings. The molecule has 0 amide bonds. The van der Waals surface area contributed by atoms with E-state index in [1.165, 1.54) is 19.2 Å². The second-order valence-corrected chi connectivity index (χ2v) is 9.15.